The van der Waals surface area contributed by atoms with Crippen LogP contribution in [-0.4, -0.2) is 37.0 Å². The van der Waals surface area contributed by atoms with Gasteiger partial charge in [-0.3, -0.25) is 4.79 Å². The van der Waals surface area contributed by atoms with Gasteiger partial charge in [-0.05, 0) is 36.2 Å². The maximum absolute atomic E-state index is 12.6. The smallest absolute Gasteiger partial charge is 0.328 e. The van der Waals surface area contributed by atoms with Gasteiger partial charge >= 0.3 is 5.97 Å². The van der Waals surface area contributed by atoms with E-state index in [2.05, 4.69) is 21.2 Å². The number of amides is 1. The fourth-order valence-electron chi connectivity index (χ4n) is 2.48. The molecule has 0 spiro atoms. The van der Waals surface area contributed by atoms with Gasteiger partial charge in [0.25, 0.3) is 5.91 Å². The Bertz CT molecular complexity index is 794. The van der Waals surface area contributed by atoms with E-state index in [1.807, 2.05) is 24.3 Å². The van der Waals surface area contributed by atoms with E-state index < -0.39 is 17.9 Å². The minimum Gasteiger partial charge on any atom is -0.494 e. The quantitative estimate of drug-likeness (QED) is 0.316. The molecule has 8 heteroatoms. The Balaban J connectivity index is 2.09. The van der Waals surface area contributed by atoms with Crippen LogP contribution in [0.2, 0.25) is 10.0 Å². The first-order valence-corrected chi connectivity index (χ1v) is 10.4. The zero-order valence-electron chi connectivity index (χ0n) is 15.2. The van der Waals surface area contributed by atoms with Crippen molar-refractivity contribution in [2.75, 3.05) is 19.0 Å². The largest absolute Gasteiger partial charge is 0.494 e. The average molecular weight is 489 g/mol. The van der Waals surface area contributed by atoms with Crippen LogP contribution < -0.4 is 10.1 Å². The van der Waals surface area contributed by atoms with Crippen LogP contribution in [0.5, 0.6) is 5.75 Å². The molecule has 0 heterocycles. The lowest BCUT2D eigenvalue weighted by Gasteiger charge is -2.18. The van der Waals surface area contributed by atoms with E-state index in [9.17, 15) is 9.59 Å². The maximum Gasteiger partial charge on any atom is 0.328 e. The highest BCUT2D eigenvalue weighted by atomic mass is 79.9. The van der Waals surface area contributed by atoms with Crippen LogP contribution in [0.4, 0.5) is 0 Å². The molecule has 2 aromatic rings. The first-order chi connectivity index (χ1) is 13.5. The summed E-state index contributed by atoms with van der Waals surface area (Å²) in [5.41, 5.74) is 0.962. The molecule has 0 aliphatic carbocycles. The van der Waals surface area contributed by atoms with Gasteiger partial charge in [0.05, 0.1) is 29.3 Å². The Kier molecular flexibility index (Phi) is 9.09. The molecule has 0 radical (unpaired) electrons. The minimum absolute atomic E-state index is 0.121. The first-order valence-electron chi connectivity index (χ1n) is 8.56. The van der Waals surface area contributed by atoms with Crippen LogP contribution in [0.1, 0.15) is 22.3 Å². The second kappa shape index (κ2) is 11.3. The summed E-state index contributed by atoms with van der Waals surface area (Å²) in [6.07, 6.45) is 1.16. The SMILES string of the molecule is COC(=O)[C@H](Cc1ccc(OCCCBr)cc1)NC(=O)c1c(Cl)cccc1Cl. The molecule has 0 aliphatic heterocycles. The summed E-state index contributed by atoms with van der Waals surface area (Å²) in [5.74, 6) is -0.360. The standard InChI is InChI=1S/C20H20BrCl2NO4/c1-27-20(26)17(24-19(25)18-15(22)4-2-5-16(18)23)12-13-6-8-14(9-7-13)28-11-3-10-21/h2,4-9,17H,3,10-12H2,1H3,(H,24,25)/t17-/m0/s1. The number of nitrogens with one attached hydrogen (secondary N) is 1. The second-order valence-corrected chi connectivity index (χ2v) is 7.49. The monoisotopic (exact) mass is 487 g/mol. The third-order valence-corrected chi connectivity index (χ3v) is 5.08. The van der Waals surface area contributed by atoms with Crippen molar-refractivity contribution in [2.45, 2.75) is 18.9 Å². The summed E-state index contributed by atoms with van der Waals surface area (Å²) < 4.78 is 10.4. The molecule has 28 heavy (non-hydrogen) atoms. The second-order valence-electron chi connectivity index (χ2n) is 5.88. The first kappa shape index (κ1) is 22.5. The summed E-state index contributed by atoms with van der Waals surface area (Å²) >= 11 is 15.5. The highest BCUT2D eigenvalue weighted by molar-refractivity contribution is 9.09. The third-order valence-electron chi connectivity index (χ3n) is 3.89. The number of methoxy groups -OCH3 is 1. The number of halogens is 3. The van der Waals surface area contributed by atoms with Crippen LogP contribution in [0.25, 0.3) is 0 Å². The fraction of sp³-hybridized carbons (Fsp3) is 0.300. The van der Waals surface area contributed by atoms with Crippen molar-refractivity contribution in [3.63, 3.8) is 0 Å². The van der Waals surface area contributed by atoms with E-state index in [-0.39, 0.29) is 22.0 Å². The van der Waals surface area contributed by atoms with Crippen molar-refractivity contribution >= 4 is 51.0 Å². The van der Waals surface area contributed by atoms with E-state index in [1.54, 1.807) is 18.2 Å². The molecule has 1 amide bonds. The predicted molar refractivity (Wildman–Crippen MR) is 114 cm³/mol. The summed E-state index contributed by atoms with van der Waals surface area (Å²) in [4.78, 5) is 24.8. The van der Waals surface area contributed by atoms with E-state index in [0.29, 0.717) is 6.61 Å². The Labute approximate surface area is 182 Å². The van der Waals surface area contributed by atoms with Gasteiger partial charge in [0, 0.05) is 11.8 Å². The highest BCUT2D eigenvalue weighted by Crippen LogP contribution is 2.24. The molecule has 5 nitrogen and oxygen atoms in total. The van der Waals surface area contributed by atoms with Crippen molar-refractivity contribution in [2.24, 2.45) is 0 Å². The van der Waals surface area contributed by atoms with E-state index >= 15 is 0 Å². The minimum atomic E-state index is -0.884. The van der Waals surface area contributed by atoms with Gasteiger partial charge in [-0.2, -0.15) is 0 Å². The number of carbonyl (C=O) groups excluding carboxylic acids is 2. The summed E-state index contributed by atoms with van der Waals surface area (Å²) in [6.45, 7) is 0.615. The van der Waals surface area contributed by atoms with E-state index in [1.165, 1.54) is 7.11 Å². The number of rotatable bonds is 9. The molecular weight excluding hydrogens is 469 g/mol. The van der Waals surface area contributed by atoms with Gasteiger partial charge < -0.3 is 14.8 Å². The average Bonchev–Trinajstić information content (AvgIpc) is 2.68. The number of alkyl halides is 1. The van der Waals surface area contributed by atoms with Crippen LogP contribution in [-0.2, 0) is 16.0 Å². The lowest BCUT2D eigenvalue weighted by atomic mass is 10.0. The Hall–Kier alpha value is -1.76. The van der Waals surface area contributed by atoms with Crippen LogP contribution in [0.15, 0.2) is 42.5 Å². The van der Waals surface area contributed by atoms with Gasteiger partial charge in [-0.1, -0.05) is 57.3 Å². The zero-order chi connectivity index (χ0) is 20.5. The van der Waals surface area contributed by atoms with Crippen molar-refractivity contribution in [3.05, 3.63) is 63.6 Å². The van der Waals surface area contributed by atoms with Crippen molar-refractivity contribution in [1.29, 1.82) is 0 Å². The van der Waals surface area contributed by atoms with E-state index in [4.69, 9.17) is 32.7 Å². The molecule has 0 unspecified atom stereocenters. The number of benzene rings is 2. The van der Waals surface area contributed by atoms with Crippen molar-refractivity contribution < 1.29 is 19.1 Å². The summed E-state index contributed by atoms with van der Waals surface area (Å²) in [6, 6.07) is 11.2. The molecule has 0 aliphatic rings. The van der Waals surface area contributed by atoms with Crippen LogP contribution in [0, 0.1) is 0 Å². The maximum atomic E-state index is 12.6. The molecule has 2 aromatic carbocycles. The van der Waals surface area contributed by atoms with Gasteiger partial charge in [0.2, 0.25) is 0 Å². The van der Waals surface area contributed by atoms with Gasteiger partial charge in [-0.25, -0.2) is 4.79 Å². The lowest BCUT2D eigenvalue weighted by molar-refractivity contribution is -0.142. The number of ether oxygens (including phenoxy) is 2. The Morgan fingerprint density at radius 1 is 1.11 bits per heavy atom. The van der Waals surface area contributed by atoms with Gasteiger partial charge in [0.15, 0.2) is 0 Å². The molecule has 1 N–H and O–H groups in total. The Morgan fingerprint density at radius 3 is 2.32 bits per heavy atom. The molecule has 150 valence electrons. The number of carbonyl (C=O) groups is 2. The number of hydrogen-bond acceptors (Lipinski definition) is 4. The predicted octanol–water partition coefficient (Wildman–Crippen LogP) is 4.67. The van der Waals surface area contributed by atoms with E-state index in [0.717, 1.165) is 23.1 Å². The van der Waals surface area contributed by atoms with Crippen LogP contribution in [0.3, 0.4) is 0 Å². The van der Waals surface area contributed by atoms with Gasteiger partial charge in [0.1, 0.15) is 11.8 Å². The fourth-order valence-corrected chi connectivity index (χ4v) is 3.28. The molecular formula is C20H20BrCl2NO4. The van der Waals surface area contributed by atoms with Crippen LogP contribution >= 0.6 is 39.1 Å². The lowest BCUT2D eigenvalue weighted by Crippen LogP contribution is -2.43. The topological polar surface area (TPSA) is 64.6 Å². The number of esters is 1. The third kappa shape index (κ3) is 6.40. The highest BCUT2D eigenvalue weighted by Gasteiger charge is 2.24. The molecule has 2 rings (SSSR count). The zero-order valence-corrected chi connectivity index (χ0v) is 18.3. The normalized spacial score (nSPS) is 11.6. The van der Waals surface area contributed by atoms with Crippen molar-refractivity contribution in [3.8, 4) is 5.75 Å². The summed E-state index contributed by atoms with van der Waals surface area (Å²) in [7, 11) is 1.27. The van der Waals surface area contributed by atoms with Gasteiger partial charge in [-0.15, -0.1) is 0 Å². The molecule has 0 fully saturated rings. The molecule has 1 atom stereocenters. The molecule has 0 saturated heterocycles. The molecule has 0 aromatic heterocycles. The Morgan fingerprint density at radius 2 is 1.75 bits per heavy atom. The number of hydrogen-bond donors (Lipinski definition) is 1. The van der Waals surface area contributed by atoms with Crippen molar-refractivity contribution in [1.82, 2.24) is 5.32 Å². The molecule has 0 saturated carbocycles. The molecule has 0 bridgehead atoms. The summed E-state index contributed by atoms with van der Waals surface area (Å²) in [5, 5.41) is 3.94.